The number of amides is 2. The Balaban J connectivity index is 1.76. The van der Waals surface area contributed by atoms with Gasteiger partial charge in [0, 0.05) is 13.2 Å². The Morgan fingerprint density at radius 1 is 1.18 bits per heavy atom. The zero-order valence-electron chi connectivity index (χ0n) is 18.9. The minimum atomic E-state index is -3.78. The van der Waals surface area contributed by atoms with Crippen molar-refractivity contribution in [2.24, 2.45) is 0 Å². The highest BCUT2D eigenvalue weighted by molar-refractivity contribution is 7.92. The molecule has 0 bridgehead atoms. The molecule has 0 aliphatic carbocycles. The maximum Gasteiger partial charge on any atom is 0.253 e. The van der Waals surface area contributed by atoms with Crippen LogP contribution in [-0.4, -0.2) is 58.9 Å². The molecule has 2 amide bonds. The average molecular weight is 476 g/mol. The maximum atomic E-state index is 13.0. The number of para-hydroxylation sites is 1. The summed E-state index contributed by atoms with van der Waals surface area (Å²) in [6.07, 6.45) is 2.88. The summed E-state index contributed by atoms with van der Waals surface area (Å²) in [6, 6.07) is 11.9. The molecule has 3 rings (SSSR count). The van der Waals surface area contributed by atoms with Crippen LogP contribution in [0.4, 0.5) is 11.4 Å². The molecule has 0 radical (unpaired) electrons. The SMILES string of the molecule is COc1ccc(N([C@@H](C)C(=O)Nc2ccccc2C(=O)NC[C@H]2CCCO2)S(C)(=O)=O)cc1. The second-order valence-electron chi connectivity index (χ2n) is 7.81. The van der Waals surface area contributed by atoms with Crippen molar-refractivity contribution in [2.75, 3.05) is 36.1 Å². The lowest BCUT2D eigenvalue weighted by atomic mass is 10.1. The van der Waals surface area contributed by atoms with E-state index in [0.29, 0.717) is 30.3 Å². The number of hydrogen-bond acceptors (Lipinski definition) is 6. The Bertz CT molecular complexity index is 1080. The van der Waals surface area contributed by atoms with Crippen LogP contribution in [0.2, 0.25) is 0 Å². The summed E-state index contributed by atoms with van der Waals surface area (Å²) < 4.78 is 36.7. The Morgan fingerprint density at radius 3 is 2.48 bits per heavy atom. The predicted octanol–water partition coefficient (Wildman–Crippen LogP) is 2.40. The first-order valence-corrected chi connectivity index (χ1v) is 12.5. The van der Waals surface area contributed by atoms with Gasteiger partial charge in [0.15, 0.2) is 0 Å². The van der Waals surface area contributed by atoms with Gasteiger partial charge in [0.05, 0.1) is 36.4 Å². The van der Waals surface area contributed by atoms with Crippen LogP contribution < -0.4 is 19.7 Å². The van der Waals surface area contributed by atoms with Crippen LogP contribution in [0.15, 0.2) is 48.5 Å². The van der Waals surface area contributed by atoms with Crippen molar-refractivity contribution in [1.82, 2.24) is 5.32 Å². The van der Waals surface area contributed by atoms with E-state index in [1.807, 2.05) is 0 Å². The molecule has 178 valence electrons. The number of sulfonamides is 1. The molecule has 2 N–H and O–H groups in total. The molecule has 0 unspecified atom stereocenters. The summed E-state index contributed by atoms with van der Waals surface area (Å²) in [6.45, 7) is 2.56. The molecule has 10 heteroatoms. The van der Waals surface area contributed by atoms with Gasteiger partial charge in [0.2, 0.25) is 15.9 Å². The number of benzene rings is 2. The van der Waals surface area contributed by atoms with Crippen molar-refractivity contribution < 1.29 is 27.5 Å². The van der Waals surface area contributed by atoms with Crippen LogP contribution in [-0.2, 0) is 19.6 Å². The number of anilines is 2. The van der Waals surface area contributed by atoms with Crippen LogP contribution in [0.1, 0.15) is 30.1 Å². The first kappa shape index (κ1) is 24.5. The molecule has 1 aliphatic rings. The molecular formula is C23H29N3O6S. The molecule has 0 spiro atoms. The summed E-state index contributed by atoms with van der Waals surface area (Å²) in [5, 5.41) is 5.54. The van der Waals surface area contributed by atoms with Crippen LogP contribution in [0, 0.1) is 0 Å². The molecule has 1 fully saturated rings. The van der Waals surface area contributed by atoms with Gasteiger partial charge in [0.1, 0.15) is 11.8 Å². The molecule has 1 saturated heterocycles. The lowest BCUT2D eigenvalue weighted by molar-refractivity contribution is -0.116. The van der Waals surface area contributed by atoms with Crippen molar-refractivity contribution in [3.05, 3.63) is 54.1 Å². The average Bonchev–Trinajstić information content (AvgIpc) is 3.31. The van der Waals surface area contributed by atoms with Crippen molar-refractivity contribution in [2.45, 2.75) is 31.9 Å². The van der Waals surface area contributed by atoms with E-state index in [9.17, 15) is 18.0 Å². The Hall–Kier alpha value is -3.11. The van der Waals surface area contributed by atoms with E-state index in [4.69, 9.17) is 9.47 Å². The fourth-order valence-corrected chi connectivity index (χ4v) is 4.85. The minimum absolute atomic E-state index is 0.0106. The van der Waals surface area contributed by atoms with Crippen molar-refractivity contribution >= 4 is 33.2 Å². The Labute approximate surface area is 194 Å². The third-order valence-corrected chi connectivity index (χ3v) is 6.60. The number of methoxy groups -OCH3 is 1. The first-order valence-electron chi connectivity index (χ1n) is 10.6. The summed E-state index contributed by atoms with van der Waals surface area (Å²) in [4.78, 5) is 25.8. The van der Waals surface area contributed by atoms with E-state index in [2.05, 4.69) is 10.6 Å². The first-order chi connectivity index (χ1) is 15.7. The molecule has 2 aromatic rings. The standard InChI is InChI=1S/C23H29N3O6S/c1-16(26(33(3,29)30)17-10-12-18(31-2)13-11-17)22(27)25-21-9-5-4-8-20(21)23(28)24-15-19-7-6-14-32-19/h4-5,8-13,16,19H,6-7,14-15H2,1-3H3,(H,24,28)(H,25,27)/t16-,19+/m0/s1. The van der Waals surface area contributed by atoms with E-state index in [1.165, 1.54) is 14.0 Å². The normalized spacial score (nSPS) is 16.6. The summed E-state index contributed by atoms with van der Waals surface area (Å²) >= 11 is 0. The van der Waals surface area contributed by atoms with Gasteiger partial charge in [-0.2, -0.15) is 0 Å². The summed E-state index contributed by atoms with van der Waals surface area (Å²) in [5.41, 5.74) is 0.900. The molecule has 1 aliphatic heterocycles. The number of nitrogens with zero attached hydrogens (tertiary/aromatic N) is 1. The van der Waals surface area contributed by atoms with Gasteiger partial charge in [-0.3, -0.25) is 13.9 Å². The molecule has 0 aromatic heterocycles. The summed E-state index contributed by atoms with van der Waals surface area (Å²) in [7, 11) is -2.27. The van der Waals surface area contributed by atoms with Gasteiger partial charge in [-0.15, -0.1) is 0 Å². The van der Waals surface area contributed by atoms with Crippen LogP contribution in [0.5, 0.6) is 5.75 Å². The van der Waals surface area contributed by atoms with Gasteiger partial charge in [-0.05, 0) is 56.2 Å². The Morgan fingerprint density at radius 2 is 1.88 bits per heavy atom. The largest absolute Gasteiger partial charge is 0.497 e. The second-order valence-corrected chi connectivity index (χ2v) is 9.67. The molecule has 9 nitrogen and oxygen atoms in total. The fraction of sp³-hybridized carbons (Fsp3) is 0.391. The number of rotatable bonds is 9. The molecule has 33 heavy (non-hydrogen) atoms. The van der Waals surface area contributed by atoms with E-state index < -0.39 is 22.0 Å². The van der Waals surface area contributed by atoms with Gasteiger partial charge in [-0.25, -0.2) is 8.42 Å². The highest BCUT2D eigenvalue weighted by Crippen LogP contribution is 2.25. The molecule has 2 aromatic carbocycles. The number of carbonyl (C=O) groups excluding carboxylic acids is 2. The minimum Gasteiger partial charge on any atom is -0.497 e. The quantitative estimate of drug-likeness (QED) is 0.576. The highest BCUT2D eigenvalue weighted by Gasteiger charge is 2.30. The van der Waals surface area contributed by atoms with Gasteiger partial charge in [0.25, 0.3) is 5.91 Å². The monoisotopic (exact) mass is 475 g/mol. The maximum absolute atomic E-state index is 13.0. The van der Waals surface area contributed by atoms with E-state index in [-0.39, 0.29) is 17.6 Å². The number of carbonyl (C=O) groups is 2. The third kappa shape index (κ3) is 6.23. The van der Waals surface area contributed by atoms with E-state index in [0.717, 1.165) is 23.4 Å². The van der Waals surface area contributed by atoms with Gasteiger partial charge >= 0.3 is 0 Å². The zero-order valence-corrected chi connectivity index (χ0v) is 19.7. The third-order valence-electron chi connectivity index (χ3n) is 5.36. The van der Waals surface area contributed by atoms with Crippen molar-refractivity contribution in [1.29, 1.82) is 0 Å². The Kier molecular flexibility index (Phi) is 7.93. The van der Waals surface area contributed by atoms with Crippen LogP contribution >= 0.6 is 0 Å². The van der Waals surface area contributed by atoms with Gasteiger partial charge in [-0.1, -0.05) is 12.1 Å². The molecular weight excluding hydrogens is 446 g/mol. The highest BCUT2D eigenvalue weighted by atomic mass is 32.2. The van der Waals surface area contributed by atoms with Crippen molar-refractivity contribution in [3.63, 3.8) is 0 Å². The lowest BCUT2D eigenvalue weighted by Crippen LogP contribution is -2.45. The van der Waals surface area contributed by atoms with Crippen LogP contribution in [0.25, 0.3) is 0 Å². The number of hydrogen-bond donors (Lipinski definition) is 2. The molecule has 0 saturated carbocycles. The number of nitrogens with one attached hydrogen (secondary N) is 2. The fourth-order valence-electron chi connectivity index (χ4n) is 3.67. The van der Waals surface area contributed by atoms with E-state index in [1.54, 1.807) is 48.5 Å². The molecule has 2 atom stereocenters. The van der Waals surface area contributed by atoms with Crippen molar-refractivity contribution in [3.8, 4) is 5.75 Å². The van der Waals surface area contributed by atoms with E-state index >= 15 is 0 Å². The summed E-state index contributed by atoms with van der Waals surface area (Å²) in [5.74, 6) is -0.355. The topological polar surface area (TPSA) is 114 Å². The smallest absolute Gasteiger partial charge is 0.253 e. The lowest BCUT2D eigenvalue weighted by Gasteiger charge is -2.28. The molecule has 1 heterocycles. The predicted molar refractivity (Wildman–Crippen MR) is 126 cm³/mol. The second kappa shape index (κ2) is 10.7. The van der Waals surface area contributed by atoms with Crippen LogP contribution in [0.3, 0.4) is 0 Å². The van der Waals surface area contributed by atoms with Gasteiger partial charge < -0.3 is 20.1 Å². The zero-order chi connectivity index (χ0) is 24.0. The number of ether oxygens (including phenoxy) is 2.